The highest BCUT2D eigenvalue weighted by atomic mass is 16.5. The lowest BCUT2D eigenvalue weighted by Gasteiger charge is -2.42. The van der Waals surface area contributed by atoms with E-state index < -0.39 is 0 Å². The van der Waals surface area contributed by atoms with E-state index in [-0.39, 0.29) is 13.4 Å². The highest BCUT2D eigenvalue weighted by molar-refractivity contribution is 7.01. The van der Waals surface area contributed by atoms with Gasteiger partial charge in [-0.3, -0.25) is 0 Å². The maximum atomic E-state index is 7.23. The molecule has 8 aromatic rings. The number of benzene rings is 7. The van der Waals surface area contributed by atoms with Crippen molar-refractivity contribution in [2.24, 2.45) is 0 Å². The summed E-state index contributed by atoms with van der Waals surface area (Å²) < 4.78 is 16.3. The molecule has 5 heterocycles. The number of hydrogen-bond donors (Lipinski definition) is 0. The van der Waals surface area contributed by atoms with Crippen molar-refractivity contribution < 1.29 is 9.47 Å². The molecule has 6 heteroatoms. The quantitative estimate of drug-likeness (QED) is 0.210. The molecule has 0 bridgehead atoms. The maximum absolute atomic E-state index is 7.23. The number of hydrogen-bond acceptors (Lipinski definition) is 3. The van der Waals surface area contributed by atoms with E-state index in [9.17, 15) is 0 Å². The van der Waals surface area contributed by atoms with Gasteiger partial charge in [-0.25, -0.2) is 0 Å². The topological polar surface area (TPSA) is 26.6 Å². The summed E-state index contributed by atoms with van der Waals surface area (Å²) in [5, 5.41) is 2.56. The zero-order valence-electron chi connectivity index (χ0n) is 25.7. The van der Waals surface area contributed by atoms with Gasteiger partial charge in [0.25, 0.3) is 13.4 Å². The van der Waals surface area contributed by atoms with Gasteiger partial charge < -0.3 is 18.9 Å². The third-order valence-electron chi connectivity index (χ3n) is 10.9. The Labute approximate surface area is 277 Å². The van der Waals surface area contributed by atoms with Crippen LogP contribution in [0.1, 0.15) is 0 Å². The molecule has 0 aliphatic carbocycles. The number of fused-ring (bicyclic) bond motifs is 12. The molecule has 220 valence electrons. The first kappa shape index (κ1) is 25.0. The van der Waals surface area contributed by atoms with Gasteiger partial charge in [0, 0.05) is 33.4 Å². The van der Waals surface area contributed by atoms with Gasteiger partial charge in [0.05, 0.1) is 11.2 Å². The highest BCUT2D eigenvalue weighted by Gasteiger charge is 2.47. The molecular weight excluding hydrogens is 586 g/mol. The molecule has 0 saturated heterocycles. The van der Waals surface area contributed by atoms with Crippen LogP contribution >= 0.6 is 0 Å². The van der Waals surface area contributed by atoms with Gasteiger partial charge in [-0.05, 0) is 81.3 Å². The molecule has 48 heavy (non-hydrogen) atoms. The van der Waals surface area contributed by atoms with Gasteiger partial charge in [0.15, 0.2) is 0 Å². The smallest absolute Gasteiger partial charge is 0.256 e. The summed E-state index contributed by atoms with van der Waals surface area (Å²) >= 11 is 0. The molecule has 4 nitrogen and oxygen atoms in total. The molecule has 0 radical (unpaired) electrons. The van der Waals surface area contributed by atoms with E-state index in [1.54, 1.807) is 0 Å². The van der Waals surface area contributed by atoms with Crippen LogP contribution in [0.25, 0.3) is 27.5 Å². The monoisotopic (exact) mass is 610 g/mol. The molecule has 1 aromatic heterocycles. The van der Waals surface area contributed by atoms with E-state index in [1.807, 2.05) is 0 Å². The molecule has 4 aliphatic heterocycles. The number of para-hydroxylation sites is 4. The van der Waals surface area contributed by atoms with Gasteiger partial charge in [0.2, 0.25) is 0 Å². The summed E-state index contributed by atoms with van der Waals surface area (Å²) in [5.41, 5.74) is 14.3. The summed E-state index contributed by atoms with van der Waals surface area (Å²) in [4.78, 5) is 2.40. The lowest BCUT2D eigenvalue weighted by atomic mass is 9.32. The molecule has 0 amide bonds. The van der Waals surface area contributed by atoms with Crippen LogP contribution in [0.3, 0.4) is 0 Å². The van der Waals surface area contributed by atoms with Crippen LogP contribution in [0.15, 0.2) is 146 Å². The standard InChI is InChI=1S/C42H24B2N2O2/c1-2-11-25(12-3-1)45-33-18-9-21-36-38(33)43(28-15-5-7-20-35(28)47-36)30-23-24-31-42(41(30)45)48-37-22-10-19-34-39(37)44(31)29-16-8-14-27-26-13-4-6-17-32(26)46(34)40(27)29/h1-24H. The van der Waals surface area contributed by atoms with E-state index in [0.29, 0.717) is 0 Å². The molecule has 0 unspecified atom stereocenters. The average Bonchev–Trinajstić information content (AvgIpc) is 3.49. The van der Waals surface area contributed by atoms with Crippen molar-refractivity contribution in [2.45, 2.75) is 0 Å². The van der Waals surface area contributed by atoms with Crippen LogP contribution in [-0.2, 0) is 0 Å². The van der Waals surface area contributed by atoms with Gasteiger partial charge in [-0.1, -0.05) is 97.1 Å². The van der Waals surface area contributed by atoms with Gasteiger partial charge in [-0.2, -0.15) is 0 Å². The molecule has 7 aromatic carbocycles. The Hall–Kier alpha value is -6.13. The van der Waals surface area contributed by atoms with Crippen LogP contribution in [0.5, 0.6) is 23.0 Å². The van der Waals surface area contributed by atoms with Crippen molar-refractivity contribution in [1.82, 2.24) is 4.57 Å². The minimum atomic E-state index is 0.00932. The Kier molecular flexibility index (Phi) is 4.59. The van der Waals surface area contributed by atoms with E-state index in [1.165, 1.54) is 60.3 Å². The van der Waals surface area contributed by atoms with Crippen LogP contribution in [0.4, 0.5) is 17.1 Å². The van der Waals surface area contributed by atoms with E-state index in [4.69, 9.17) is 9.47 Å². The second kappa shape index (κ2) is 8.81. The van der Waals surface area contributed by atoms with Crippen LogP contribution in [0.2, 0.25) is 0 Å². The van der Waals surface area contributed by atoms with Gasteiger partial charge >= 0.3 is 0 Å². The zero-order valence-corrected chi connectivity index (χ0v) is 25.7. The van der Waals surface area contributed by atoms with Crippen LogP contribution < -0.4 is 47.2 Å². The maximum Gasteiger partial charge on any atom is 0.256 e. The normalized spacial score (nSPS) is 14.0. The fraction of sp³-hybridized carbons (Fsp3) is 0. The molecule has 0 spiro atoms. The number of aromatic nitrogens is 1. The van der Waals surface area contributed by atoms with E-state index in [2.05, 4.69) is 155 Å². The predicted octanol–water partition coefficient (Wildman–Crippen LogP) is 6.12. The molecule has 0 N–H and O–H groups in total. The summed E-state index contributed by atoms with van der Waals surface area (Å²) in [5.74, 6) is 3.65. The largest absolute Gasteiger partial charge is 0.458 e. The molecular formula is C42H24B2N2O2. The van der Waals surface area contributed by atoms with Gasteiger partial charge in [-0.15, -0.1) is 0 Å². The van der Waals surface area contributed by atoms with Crippen molar-refractivity contribution in [2.75, 3.05) is 4.90 Å². The SMILES string of the molecule is c1ccc(N2c3cccc4c3B(c3ccccc3O4)c3ccc4c(c32)Oc2cccc3c2B4c2cccc4c5ccccc5n-3c24)cc1. The highest BCUT2D eigenvalue weighted by Crippen LogP contribution is 2.46. The Morgan fingerprint density at radius 2 is 1.08 bits per heavy atom. The van der Waals surface area contributed by atoms with E-state index >= 15 is 0 Å². The second-order valence-corrected chi connectivity index (χ2v) is 13.2. The summed E-state index contributed by atoms with van der Waals surface area (Å²) in [6, 6.07) is 52.4. The average molecular weight is 610 g/mol. The predicted molar refractivity (Wildman–Crippen MR) is 198 cm³/mol. The van der Waals surface area contributed by atoms with Crippen molar-refractivity contribution in [3.8, 4) is 28.7 Å². The first-order chi connectivity index (χ1) is 23.8. The Bertz CT molecular complexity index is 2720. The summed E-state index contributed by atoms with van der Waals surface area (Å²) in [6.45, 7) is 0.0353. The van der Waals surface area contributed by atoms with E-state index in [0.717, 1.165) is 40.1 Å². The summed E-state index contributed by atoms with van der Waals surface area (Å²) in [7, 11) is 0. The fourth-order valence-electron chi connectivity index (χ4n) is 9.10. The third kappa shape index (κ3) is 2.95. The van der Waals surface area contributed by atoms with Crippen molar-refractivity contribution >= 4 is 85.1 Å². The van der Waals surface area contributed by atoms with Gasteiger partial charge in [0.1, 0.15) is 23.0 Å². The molecule has 4 aliphatic rings. The molecule has 0 saturated carbocycles. The number of anilines is 3. The van der Waals surface area contributed by atoms with Crippen LogP contribution in [0, 0.1) is 0 Å². The summed E-state index contributed by atoms with van der Waals surface area (Å²) in [6.07, 6.45) is 0. The minimum Gasteiger partial charge on any atom is -0.458 e. The number of ether oxygens (including phenoxy) is 2. The Morgan fingerprint density at radius 3 is 2.00 bits per heavy atom. The third-order valence-corrected chi connectivity index (χ3v) is 10.9. The number of rotatable bonds is 1. The van der Waals surface area contributed by atoms with Crippen molar-refractivity contribution in [1.29, 1.82) is 0 Å². The molecule has 12 rings (SSSR count). The van der Waals surface area contributed by atoms with Crippen molar-refractivity contribution in [3.05, 3.63) is 146 Å². The van der Waals surface area contributed by atoms with Crippen LogP contribution in [-0.4, -0.2) is 18.0 Å². The first-order valence-corrected chi connectivity index (χ1v) is 16.6. The lowest BCUT2D eigenvalue weighted by Crippen LogP contribution is -2.62. The Balaban J connectivity index is 1.20. The molecule has 0 atom stereocenters. The minimum absolute atomic E-state index is 0.00932. The zero-order chi connectivity index (χ0) is 31.1. The Morgan fingerprint density at radius 1 is 0.438 bits per heavy atom. The second-order valence-electron chi connectivity index (χ2n) is 13.2. The lowest BCUT2D eigenvalue weighted by molar-refractivity contribution is 0.485. The molecule has 0 fully saturated rings. The fourth-order valence-corrected chi connectivity index (χ4v) is 9.10. The van der Waals surface area contributed by atoms with Crippen molar-refractivity contribution in [3.63, 3.8) is 0 Å². The first-order valence-electron chi connectivity index (χ1n) is 16.6. The number of nitrogens with zero attached hydrogens (tertiary/aromatic N) is 2.